The van der Waals surface area contributed by atoms with Crippen LogP contribution in [0.15, 0.2) is 0 Å². The molecule has 0 radical (unpaired) electrons. The summed E-state index contributed by atoms with van der Waals surface area (Å²) in [6, 6.07) is 0. The van der Waals surface area contributed by atoms with Gasteiger partial charge in [-0.2, -0.15) is 0 Å². The lowest BCUT2D eigenvalue weighted by molar-refractivity contribution is 0.517. The van der Waals surface area contributed by atoms with Crippen molar-refractivity contribution < 1.29 is 12.3 Å². The molecule has 0 fully saturated rings. The minimum Gasteiger partial charge on any atom is -0.234 e. The highest BCUT2D eigenvalue weighted by molar-refractivity contribution is 7.90. The van der Waals surface area contributed by atoms with Crippen molar-refractivity contribution in [2.75, 3.05) is 13.3 Å². The molecular weight excluding hydrogens is 140 g/mol. The van der Waals surface area contributed by atoms with Crippen molar-refractivity contribution in [1.82, 2.24) is 0 Å². The van der Waals surface area contributed by atoms with Crippen LogP contribution in [0, 0.1) is 0 Å². The lowest BCUT2D eigenvalue weighted by Gasteiger charge is -2.03. The second-order valence-electron chi connectivity index (χ2n) is 1.36. The van der Waals surface area contributed by atoms with E-state index in [4.69, 9.17) is 0 Å². The SMILES string of the molecule is CP(C)[Si](F)(F)F. The average Bonchev–Trinajstić information content (AvgIpc) is 1.31. The zero-order chi connectivity index (χ0) is 6.08. The molecule has 0 aliphatic carbocycles. The van der Waals surface area contributed by atoms with Crippen LogP contribution in [0.1, 0.15) is 0 Å². The van der Waals surface area contributed by atoms with Gasteiger partial charge in [0.05, 0.1) is 0 Å². The van der Waals surface area contributed by atoms with Crippen molar-refractivity contribution in [3.05, 3.63) is 0 Å². The highest BCUT2D eigenvalue weighted by Gasteiger charge is 2.40. The molecule has 0 aliphatic rings. The fourth-order valence-corrected chi connectivity index (χ4v) is 0. The number of hydrogen-bond acceptors (Lipinski definition) is 0. The predicted molar refractivity (Wildman–Crippen MR) is 27.8 cm³/mol. The van der Waals surface area contributed by atoms with Crippen molar-refractivity contribution in [2.45, 2.75) is 0 Å². The maximum absolute atomic E-state index is 11.3. The summed E-state index contributed by atoms with van der Waals surface area (Å²) in [5.41, 5.74) is 0. The van der Waals surface area contributed by atoms with Gasteiger partial charge in [0, 0.05) is 0 Å². The van der Waals surface area contributed by atoms with Crippen molar-refractivity contribution in [3.8, 4) is 0 Å². The van der Waals surface area contributed by atoms with Crippen LogP contribution < -0.4 is 0 Å². The highest BCUT2D eigenvalue weighted by Crippen LogP contribution is 2.41. The topological polar surface area (TPSA) is 0 Å². The Balaban J connectivity index is 3.54. The second kappa shape index (κ2) is 2.14. The van der Waals surface area contributed by atoms with Crippen LogP contribution in [0.4, 0.5) is 12.3 Å². The van der Waals surface area contributed by atoms with E-state index in [1.165, 1.54) is 13.3 Å². The van der Waals surface area contributed by atoms with Crippen LogP contribution >= 0.6 is 7.47 Å². The molecule has 0 aromatic heterocycles. The Kier molecular flexibility index (Phi) is 2.27. The lowest BCUT2D eigenvalue weighted by Crippen LogP contribution is -2.10. The van der Waals surface area contributed by atoms with E-state index in [2.05, 4.69) is 0 Å². The summed E-state index contributed by atoms with van der Waals surface area (Å²) in [7, 11) is -6.77. The van der Waals surface area contributed by atoms with Crippen molar-refractivity contribution in [3.63, 3.8) is 0 Å². The van der Waals surface area contributed by atoms with E-state index in [9.17, 15) is 12.3 Å². The zero-order valence-electron chi connectivity index (χ0n) is 4.08. The molecule has 0 unspecified atom stereocenters. The second-order valence-corrected chi connectivity index (χ2v) is 8.29. The third-order valence-electron chi connectivity index (χ3n) is 0.507. The van der Waals surface area contributed by atoms with E-state index < -0.39 is 16.2 Å². The normalized spacial score (nSPS) is 12.9. The zero-order valence-corrected chi connectivity index (χ0v) is 5.98. The lowest BCUT2D eigenvalue weighted by atomic mass is 11.9. The van der Waals surface area contributed by atoms with Gasteiger partial charge in [-0.05, 0) is 20.8 Å². The molecule has 0 spiro atoms. The van der Waals surface area contributed by atoms with Gasteiger partial charge < -0.3 is 0 Å². The van der Waals surface area contributed by atoms with Gasteiger partial charge in [-0.25, -0.2) is 12.3 Å². The van der Waals surface area contributed by atoms with Crippen LogP contribution in [-0.2, 0) is 0 Å². The molecule has 0 aromatic carbocycles. The molecule has 0 atom stereocenters. The van der Waals surface area contributed by atoms with Crippen molar-refractivity contribution in [2.24, 2.45) is 0 Å². The number of hydrogen-bond donors (Lipinski definition) is 0. The Morgan fingerprint density at radius 1 is 1.14 bits per heavy atom. The van der Waals surface area contributed by atoms with Crippen LogP contribution in [0.25, 0.3) is 0 Å². The van der Waals surface area contributed by atoms with Crippen LogP contribution in [0.2, 0.25) is 0 Å². The number of halogens is 3. The highest BCUT2D eigenvalue weighted by atomic mass is 31.4. The van der Waals surface area contributed by atoms with Crippen LogP contribution in [0.3, 0.4) is 0 Å². The Morgan fingerprint density at radius 2 is 1.29 bits per heavy atom. The third-order valence-corrected chi connectivity index (χ3v) is 4.56. The molecule has 0 saturated carbocycles. The summed E-state index contributed by atoms with van der Waals surface area (Å²) in [5.74, 6) is 0. The maximum Gasteiger partial charge on any atom is 0.640 e. The first-order valence-electron chi connectivity index (χ1n) is 1.68. The Morgan fingerprint density at radius 3 is 1.29 bits per heavy atom. The Bertz CT molecular complexity index is 58.4. The molecule has 0 amide bonds. The first kappa shape index (κ1) is 7.44. The molecule has 0 aliphatic heterocycles. The van der Waals surface area contributed by atoms with E-state index in [1.54, 1.807) is 0 Å². The van der Waals surface area contributed by atoms with E-state index in [0.29, 0.717) is 0 Å². The van der Waals surface area contributed by atoms with Gasteiger partial charge in [0.15, 0.2) is 0 Å². The van der Waals surface area contributed by atoms with Crippen molar-refractivity contribution >= 4 is 16.2 Å². The van der Waals surface area contributed by atoms with E-state index in [-0.39, 0.29) is 0 Å². The molecule has 0 rings (SSSR count). The summed E-state index contributed by atoms with van der Waals surface area (Å²) >= 11 is 0. The van der Waals surface area contributed by atoms with Gasteiger partial charge in [0.2, 0.25) is 0 Å². The summed E-state index contributed by atoms with van der Waals surface area (Å²) in [6.45, 7) is 2.50. The summed E-state index contributed by atoms with van der Waals surface area (Å²) in [4.78, 5) is 0. The van der Waals surface area contributed by atoms with Crippen LogP contribution in [0.5, 0.6) is 0 Å². The fraction of sp³-hybridized carbons (Fsp3) is 1.00. The van der Waals surface area contributed by atoms with Gasteiger partial charge in [-0.3, -0.25) is 0 Å². The smallest absolute Gasteiger partial charge is 0.234 e. The van der Waals surface area contributed by atoms with Gasteiger partial charge in [-0.1, -0.05) is 0 Å². The molecule has 5 heteroatoms. The minimum atomic E-state index is -5.17. The molecule has 44 valence electrons. The molecule has 7 heavy (non-hydrogen) atoms. The molecule has 0 bridgehead atoms. The summed E-state index contributed by atoms with van der Waals surface area (Å²) in [6.07, 6.45) is 0. The summed E-state index contributed by atoms with van der Waals surface area (Å²) < 4.78 is 34.0. The molecule has 0 N–H and O–H groups in total. The average molecular weight is 146 g/mol. The van der Waals surface area contributed by atoms with Gasteiger partial charge in [0.1, 0.15) is 0 Å². The monoisotopic (exact) mass is 146 g/mol. The molecule has 0 heterocycles. The quantitative estimate of drug-likeness (QED) is 0.302. The summed E-state index contributed by atoms with van der Waals surface area (Å²) in [5, 5.41) is 0. The van der Waals surface area contributed by atoms with Gasteiger partial charge in [0.25, 0.3) is 0 Å². The molecule has 0 aromatic rings. The first-order chi connectivity index (χ1) is 2.94. The Labute approximate surface area is 42.9 Å². The van der Waals surface area contributed by atoms with Gasteiger partial charge in [-0.15, -0.1) is 0 Å². The molecular formula is C2H6F3PSi. The molecule has 0 nitrogen and oxygen atoms in total. The van der Waals surface area contributed by atoms with E-state index in [1.807, 2.05) is 0 Å². The van der Waals surface area contributed by atoms with E-state index >= 15 is 0 Å². The minimum absolute atomic E-state index is 1.25. The molecule has 0 saturated heterocycles. The van der Waals surface area contributed by atoms with Crippen LogP contribution in [-0.4, -0.2) is 22.1 Å². The Hall–Kier alpha value is 0.437. The van der Waals surface area contributed by atoms with Crippen molar-refractivity contribution in [1.29, 1.82) is 0 Å². The maximum atomic E-state index is 11.3. The fourth-order valence-electron chi connectivity index (χ4n) is 0. The van der Waals surface area contributed by atoms with E-state index in [0.717, 1.165) is 0 Å². The largest absolute Gasteiger partial charge is 0.640 e. The number of rotatable bonds is 1. The predicted octanol–water partition coefficient (Wildman–Crippen LogP) is 2.07. The first-order valence-corrected chi connectivity index (χ1v) is 6.40. The van der Waals surface area contributed by atoms with Gasteiger partial charge >= 0.3 is 8.74 Å². The third kappa shape index (κ3) is 3.06. The standard InChI is InChI=1S/C2H6F3PSi/c1-6(2)7(3,4)5/h1-2H3.